The van der Waals surface area contributed by atoms with Crippen molar-refractivity contribution in [3.63, 3.8) is 0 Å². The molecule has 0 aliphatic carbocycles. The third-order valence-electron chi connectivity index (χ3n) is 2.70. The lowest BCUT2D eigenvalue weighted by atomic mass is 10.1. The molecular weight excluding hydrogens is 242 g/mol. The highest BCUT2D eigenvalue weighted by Crippen LogP contribution is 2.10. The minimum atomic E-state index is -3.61. The molecule has 0 unspecified atom stereocenters. The average Bonchev–Trinajstić information content (AvgIpc) is 2.33. The number of piperidine rings is 1. The summed E-state index contributed by atoms with van der Waals surface area (Å²) in [5, 5.41) is 12.7. The lowest BCUT2D eigenvalue weighted by Crippen LogP contribution is -2.53. The second kappa shape index (κ2) is 5.09. The van der Waals surface area contributed by atoms with Crippen LogP contribution < -0.4 is 10.0 Å². The maximum Gasteiger partial charge on any atom is 0.242 e. The van der Waals surface area contributed by atoms with Gasteiger partial charge in [0.1, 0.15) is 4.90 Å². The Morgan fingerprint density at radius 2 is 2.35 bits per heavy atom. The van der Waals surface area contributed by atoms with Crippen LogP contribution in [0.2, 0.25) is 0 Å². The highest BCUT2D eigenvalue weighted by molar-refractivity contribution is 7.89. The molecule has 2 rings (SSSR count). The highest BCUT2D eigenvalue weighted by atomic mass is 32.2. The second-order valence-corrected chi connectivity index (χ2v) is 5.69. The van der Waals surface area contributed by atoms with E-state index >= 15 is 0 Å². The number of pyridine rings is 1. The van der Waals surface area contributed by atoms with E-state index in [2.05, 4.69) is 15.0 Å². The largest absolute Gasteiger partial charge is 0.391 e. The molecule has 17 heavy (non-hydrogen) atoms. The normalized spacial score (nSPS) is 25.7. The van der Waals surface area contributed by atoms with Crippen LogP contribution in [0.4, 0.5) is 0 Å². The second-order valence-electron chi connectivity index (χ2n) is 3.98. The Hall–Kier alpha value is -1.02. The molecule has 0 saturated carbocycles. The van der Waals surface area contributed by atoms with Gasteiger partial charge < -0.3 is 10.4 Å². The summed E-state index contributed by atoms with van der Waals surface area (Å²) in [5.74, 6) is 0. The molecule has 2 heterocycles. The van der Waals surface area contributed by atoms with E-state index in [9.17, 15) is 13.5 Å². The topological polar surface area (TPSA) is 91.3 Å². The maximum absolute atomic E-state index is 12.0. The lowest BCUT2D eigenvalue weighted by molar-refractivity contribution is 0.109. The average molecular weight is 257 g/mol. The van der Waals surface area contributed by atoms with Crippen LogP contribution in [0.25, 0.3) is 0 Å². The number of aliphatic hydroxyl groups is 1. The molecule has 1 aliphatic heterocycles. The monoisotopic (exact) mass is 257 g/mol. The zero-order valence-electron chi connectivity index (χ0n) is 9.20. The summed E-state index contributed by atoms with van der Waals surface area (Å²) in [6.45, 7) is 1.13. The van der Waals surface area contributed by atoms with Gasteiger partial charge in [-0.1, -0.05) is 0 Å². The molecule has 1 aromatic rings. The smallest absolute Gasteiger partial charge is 0.242 e. The number of hydrogen-bond donors (Lipinski definition) is 3. The summed E-state index contributed by atoms with van der Waals surface area (Å²) >= 11 is 0. The summed E-state index contributed by atoms with van der Waals surface area (Å²) < 4.78 is 26.4. The third kappa shape index (κ3) is 3.01. The fourth-order valence-electron chi connectivity index (χ4n) is 1.74. The number of aromatic nitrogens is 1. The summed E-state index contributed by atoms with van der Waals surface area (Å²) in [6, 6.07) is 2.54. The molecule has 94 valence electrons. The third-order valence-corrected chi connectivity index (χ3v) is 4.17. The number of sulfonamides is 1. The number of nitrogens with one attached hydrogen (secondary N) is 2. The highest BCUT2D eigenvalue weighted by Gasteiger charge is 2.27. The van der Waals surface area contributed by atoms with E-state index in [4.69, 9.17) is 0 Å². The van der Waals surface area contributed by atoms with Crippen molar-refractivity contribution in [2.24, 2.45) is 0 Å². The number of nitrogens with zero attached hydrogens (tertiary/aromatic N) is 1. The summed E-state index contributed by atoms with van der Waals surface area (Å²) in [6.07, 6.45) is 2.68. The Labute approximate surface area is 100 Å². The van der Waals surface area contributed by atoms with E-state index in [1.807, 2.05) is 0 Å². The Bertz CT molecular complexity index is 463. The number of aliphatic hydroxyl groups excluding tert-OH is 1. The van der Waals surface area contributed by atoms with Gasteiger partial charge in [0, 0.05) is 18.9 Å². The molecule has 0 amide bonds. The maximum atomic E-state index is 12.0. The zero-order chi connectivity index (χ0) is 12.3. The van der Waals surface area contributed by atoms with Crippen LogP contribution in [-0.4, -0.2) is 43.7 Å². The van der Waals surface area contributed by atoms with Gasteiger partial charge in [-0.15, -0.1) is 0 Å². The summed E-state index contributed by atoms with van der Waals surface area (Å²) in [4.78, 5) is 3.87. The quantitative estimate of drug-likeness (QED) is 0.651. The Morgan fingerprint density at radius 1 is 1.53 bits per heavy atom. The molecule has 3 N–H and O–H groups in total. The minimum absolute atomic E-state index is 0.109. The van der Waals surface area contributed by atoms with Crippen molar-refractivity contribution in [1.29, 1.82) is 0 Å². The first-order valence-electron chi connectivity index (χ1n) is 5.41. The first-order chi connectivity index (χ1) is 8.09. The molecule has 2 atom stereocenters. The molecule has 1 aromatic heterocycles. The van der Waals surface area contributed by atoms with Gasteiger partial charge in [0.05, 0.1) is 12.1 Å². The van der Waals surface area contributed by atoms with Gasteiger partial charge in [0.2, 0.25) is 10.0 Å². The molecule has 7 heteroatoms. The van der Waals surface area contributed by atoms with Crippen LogP contribution in [-0.2, 0) is 10.0 Å². The molecule has 6 nitrogen and oxygen atoms in total. The van der Waals surface area contributed by atoms with Crippen LogP contribution in [0.15, 0.2) is 29.4 Å². The Morgan fingerprint density at radius 3 is 3.00 bits per heavy atom. The van der Waals surface area contributed by atoms with Crippen LogP contribution in [0.1, 0.15) is 6.42 Å². The van der Waals surface area contributed by atoms with Gasteiger partial charge in [-0.3, -0.25) is 4.98 Å². The standard InChI is InChI=1S/C10H15N3O3S/c14-10-3-5-12-7-9(10)13-17(15,16)8-2-1-4-11-6-8/h1-2,4,6,9-10,12-14H,3,5,7H2/t9-,10+/m0/s1. The fourth-order valence-corrected chi connectivity index (χ4v) is 2.97. The number of rotatable bonds is 3. The first kappa shape index (κ1) is 12.4. The molecule has 0 radical (unpaired) electrons. The Balaban J connectivity index is 2.12. The lowest BCUT2D eigenvalue weighted by Gasteiger charge is -2.28. The SMILES string of the molecule is O=S(=O)(N[C@H]1CNCC[C@H]1O)c1cccnc1. The van der Waals surface area contributed by atoms with Gasteiger partial charge in [0.15, 0.2) is 0 Å². The van der Waals surface area contributed by atoms with Crippen LogP contribution in [0.5, 0.6) is 0 Å². The molecule has 0 bridgehead atoms. The predicted molar refractivity (Wildman–Crippen MR) is 61.8 cm³/mol. The van der Waals surface area contributed by atoms with Gasteiger partial charge in [-0.2, -0.15) is 0 Å². The zero-order valence-corrected chi connectivity index (χ0v) is 10.0. The molecule has 1 fully saturated rings. The van der Waals surface area contributed by atoms with Crippen LogP contribution in [0, 0.1) is 0 Å². The Kier molecular flexibility index (Phi) is 3.72. The van der Waals surface area contributed by atoms with Crippen molar-refractivity contribution in [2.75, 3.05) is 13.1 Å². The van der Waals surface area contributed by atoms with Gasteiger partial charge >= 0.3 is 0 Å². The van der Waals surface area contributed by atoms with Gasteiger partial charge in [-0.05, 0) is 25.1 Å². The van der Waals surface area contributed by atoms with Crippen molar-refractivity contribution >= 4 is 10.0 Å². The van der Waals surface area contributed by atoms with Gasteiger partial charge in [0.25, 0.3) is 0 Å². The molecular formula is C10H15N3O3S. The van der Waals surface area contributed by atoms with Crippen molar-refractivity contribution < 1.29 is 13.5 Å². The summed E-state index contributed by atoms with van der Waals surface area (Å²) in [5.41, 5.74) is 0. The first-order valence-corrected chi connectivity index (χ1v) is 6.89. The summed E-state index contributed by atoms with van der Waals surface area (Å²) in [7, 11) is -3.61. The van der Waals surface area contributed by atoms with E-state index in [0.29, 0.717) is 19.5 Å². The van der Waals surface area contributed by atoms with Crippen molar-refractivity contribution in [1.82, 2.24) is 15.0 Å². The van der Waals surface area contributed by atoms with E-state index in [1.165, 1.54) is 18.5 Å². The van der Waals surface area contributed by atoms with Crippen LogP contribution in [0.3, 0.4) is 0 Å². The molecule has 0 spiro atoms. The minimum Gasteiger partial charge on any atom is -0.391 e. The molecule has 1 saturated heterocycles. The number of hydrogen-bond acceptors (Lipinski definition) is 5. The van der Waals surface area contributed by atoms with Crippen molar-refractivity contribution in [3.05, 3.63) is 24.5 Å². The van der Waals surface area contributed by atoms with E-state index in [0.717, 1.165) is 0 Å². The predicted octanol–water partition coefficient (Wildman–Crippen LogP) is -0.917. The van der Waals surface area contributed by atoms with Crippen molar-refractivity contribution in [2.45, 2.75) is 23.5 Å². The van der Waals surface area contributed by atoms with Gasteiger partial charge in [-0.25, -0.2) is 13.1 Å². The van der Waals surface area contributed by atoms with Crippen LogP contribution >= 0.6 is 0 Å². The molecule has 0 aromatic carbocycles. The van der Waals surface area contributed by atoms with E-state index < -0.39 is 22.2 Å². The van der Waals surface area contributed by atoms with Crippen molar-refractivity contribution in [3.8, 4) is 0 Å². The van der Waals surface area contributed by atoms with E-state index in [-0.39, 0.29) is 4.90 Å². The fraction of sp³-hybridized carbons (Fsp3) is 0.500. The van der Waals surface area contributed by atoms with E-state index in [1.54, 1.807) is 6.07 Å². The molecule has 1 aliphatic rings.